The number of aromatic amines is 1. The Morgan fingerprint density at radius 3 is 2.77 bits per heavy atom. The number of rotatable bonds is 7. The molecule has 0 fully saturated rings. The summed E-state index contributed by atoms with van der Waals surface area (Å²) in [5, 5.41) is 10.4. The molecule has 0 bridgehead atoms. The summed E-state index contributed by atoms with van der Waals surface area (Å²) in [6.07, 6.45) is 2.49. The lowest BCUT2D eigenvalue weighted by Crippen LogP contribution is -2.22. The van der Waals surface area contributed by atoms with Crippen LogP contribution in [0.4, 0.5) is 0 Å². The summed E-state index contributed by atoms with van der Waals surface area (Å²) >= 11 is 6.03. The van der Waals surface area contributed by atoms with Gasteiger partial charge < -0.3 is 10.1 Å². The number of H-pyrrole nitrogens is 1. The molecule has 3 rings (SSSR count). The highest BCUT2D eigenvalue weighted by molar-refractivity contribution is 6.30. The van der Waals surface area contributed by atoms with Gasteiger partial charge in [0.05, 0.1) is 24.1 Å². The third-order valence-electron chi connectivity index (χ3n) is 3.85. The maximum atomic E-state index is 12.5. The maximum Gasteiger partial charge on any atom is 0.255 e. The fraction of sp³-hybridized carbons (Fsp3) is 0.200. The van der Waals surface area contributed by atoms with Crippen LogP contribution in [-0.4, -0.2) is 22.7 Å². The zero-order valence-corrected chi connectivity index (χ0v) is 15.2. The van der Waals surface area contributed by atoms with Gasteiger partial charge in [-0.25, -0.2) is 0 Å². The van der Waals surface area contributed by atoms with Gasteiger partial charge in [0.2, 0.25) is 0 Å². The van der Waals surface area contributed by atoms with Gasteiger partial charge >= 0.3 is 0 Å². The first-order valence-electron chi connectivity index (χ1n) is 8.46. The molecule has 1 amide bonds. The number of amides is 1. The number of carbonyl (C=O) groups excluding carboxylic acids is 1. The third-order valence-corrected chi connectivity index (χ3v) is 4.08. The standard InChI is InChI=1S/C20H20ClN3O2/c1-2-10-26-17-8-6-14(7-9-17)12-22-20(25)18-13-23-24-19(18)15-4-3-5-16(21)11-15/h3-9,11,13H,2,10,12H2,1H3,(H,22,25)(H,23,24). The summed E-state index contributed by atoms with van der Waals surface area (Å²) in [6.45, 7) is 3.19. The molecule has 0 saturated heterocycles. The number of ether oxygens (including phenoxy) is 1. The number of halogens is 1. The van der Waals surface area contributed by atoms with Gasteiger partial charge in [0.15, 0.2) is 0 Å². The molecule has 2 aromatic carbocycles. The molecule has 1 heterocycles. The van der Waals surface area contributed by atoms with Crippen molar-refractivity contribution >= 4 is 17.5 Å². The zero-order chi connectivity index (χ0) is 18.4. The van der Waals surface area contributed by atoms with Crippen molar-refractivity contribution in [2.45, 2.75) is 19.9 Å². The molecule has 26 heavy (non-hydrogen) atoms. The highest BCUT2D eigenvalue weighted by Gasteiger charge is 2.15. The van der Waals surface area contributed by atoms with E-state index in [4.69, 9.17) is 16.3 Å². The monoisotopic (exact) mass is 369 g/mol. The van der Waals surface area contributed by atoms with Gasteiger partial charge in [0, 0.05) is 17.1 Å². The Balaban J connectivity index is 1.65. The van der Waals surface area contributed by atoms with Crippen LogP contribution in [0.2, 0.25) is 5.02 Å². The molecule has 0 atom stereocenters. The van der Waals surface area contributed by atoms with Gasteiger partial charge in [-0.15, -0.1) is 0 Å². The lowest BCUT2D eigenvalue weighted by molar-refractivity contribution is 0.0951. The molecule has 3 aromatic rings. The summed E-state index contributed by atoms with van der Waals surface area (Å²) in [7, 11) is 0. The van der Waals surface area contributed by atoms with Crippen molar-refractivity contribution in [1.29, 1.82) is 0 Å². The lowest BCUT2D eigenvalue weighted by atomic mass is 10.1. The van der Waals surface area contributed by atoms with Crippen LogP contribution in [-0.2, 0) is 6.54 Å². The van der Waals surface area contributed by atoms with E-state index >= 15 is 0 Å². The SMILES string of the molecule is CCCOc1ccc(CNC(=O)c2cn[nH]c2-c2cccc(Cl)c2)cc1. The first-order chi connectivity index (χ1) is 12.7. The minimum atomic E-state index is -0.194. The molecule has 6 heteroatoms. The van der Waals surface area contributed by atoms with Gasteiger partial charge in [-0.1, -0.05) is 42.8 Å². The number of hydrogen-bond acceptors (Lipinski definition) is 3. The fourth-order valence-electron chi connectivity index (χ4n) is 2.52. The topological polar surface area (TPSA) is 67.0 Å². The second kappa shape index (κ2) is 8.54. The molecule has 0 unspecified atom stereocenters. The van der Waals surface area contributed by atoms with Crippen LogP contribution in [0.5, 0.6) is 5.75 Å². The van der Waals surface area contributed by atoms with Crippen LogP contribution in [0.25, 0.3) is 11.3 Å². The van der Waals surface area contributed by atoms with Crippen molar-refractivity contribution in [1.82, 2.24) is 15.5 Å². The van der Waals surface area contributed by atoms with Gasteiger partial charge in [0.1, 0.15) is 5.75 Å². The van der Waals surface area contributed by atoms with Gasteiger partial charge in [-0.05, 0) is 36.2 Å². The Bertz CT molecular complexity index is 875. The zero-order valence-electron chi connectivity index (χ0n) is 14.5. The number of nitrogens with one attached hydrogen (secondary N) is 2. The number of carbonyl (C=O) groups is 1. The average Bonchev–Trinajstić information content (AvgIpc) is 3.15. The van der Waals surface area contributed by atoms with E-state index in [1.165, 1.54) is 6.20 Å². The van der Waals surface area contributed by atoms with E-state index < -0.39 is 0 Å². The summed E-state index contributed by atoms with van der Waals surface area (Å²) < 4.78 is 5.56. The van der Waals surface area contributed by atoms with Crippen molar-refractivity contribution < 1.29 is 9.53 Å². The van der Waals surface area contributed by atoms with E-state index in [1.54, 1.807) is 12.1 Å². The summed E-state index contributed by atoms with van der Waals surface area (Å²) in [4.78, 5) is 12.5. The summed E-state index contributed by atoms with van der Waals surface area (Å²) in [5.74, 6) is 0.639. The van der Waals surface area contributed by atoms with Crippen LogP contribution in [0.3, 0.4) is 0 Å². The Kier molecular flexibility index (Phi) is 5.92. The Morgan fingerprint density at radius 2 is 2.04 bits per heavy atom. The second-order valence-electron chi connectivity index (χ2n) is 5.84. The van der Waals surface area contributed by atoms with E-state index in [-0.39, 0.29) is 5.91 Å². The van der Waals surface area contributed by atoms with Crippen molar-refractivity contribution in [2.75, 3.05) is 6.61 Å². The Hall–Kier alpha value is -2.79. The minimum absolute atomic E-state index is 0.194. The lowest BCUT2D eigenvalue weighted by Gasteiger charge is -2.08. The molecule has 1 aromatic heterocycles. The first-order valence-corrected chi connectivity index (χ1v) is 8.84. The normalized spacial score (nSPS) is 10.5. The van der Waals surface area contributed by atoms with Crippen molar-refractivity contribution in [3.63, 3.8) is 0 Å². The molecule has 134 valence electrons. The summed E-state index contributed by atoms with van der Waals surface area (Å²) in [5.41, 5.74) is 2.94. The molecule has 2 N–H and O–H groups in total. The quantitative estimate of drug-likeness (QED) is 0.646. The molecule has 5 nitrogen and oxygen atoms in total. The molecular weight excluding hydrogens is 350 g/mol. The smallest absolute Gasteiger partial charge is 0.255 e. The molecule has 0 radical (unpaired) electrons. The summed E-state index contributed by atoms with van der Waals surface area (Å²) in [6, 6.07) is 15.0. The molecule has 0 saturated carbocycles. The first kappa shape index (κ1) is 18.0. The predicted octanol–water partition coefficient (Wildman–Crippen LogP) is 4.45. The Labute approximate surface area is 157 Å². The average molecular weight is 370 g/mol. The van der Waals surface area contributed by atoms with E-state index in [1.807, 2.05) is 36.4 Å². The highest BCUT2D eigenvalue weighted by atomic mass is 35.5. The molecule has 0 spiro atoms. The number of nitrogens with zero attached hydrogens (tertiary/aromatic N) is 1. The van der Waals surface area contributed by atoms with E-state index in [2.05, 4.69) is 22.4 Å². The van der Waals surface area contributed by atoms with Crippen LogP contribution < -0.4 is 10.1 Å². The van der Waals surface area contributed by atoms with Gasteiger partial charge in [0.25, 0.3) is 5.91 Å². The third kappa shape index (κ3) is 4.43. The molecular formula is C20H20ClN3O2. The number of hydrogen-bond donors (Lipinski definition) is 2. The second-order valence-corrected chi connectivity index (χ2v) is 6.28. The maximum absolute atomic E-state index is 12.5. The fourth-order valence-corrected chi connectivity index (χ4v) is 2.71. The van der Waals surface area contributed by atoms with Crippen LogP contribution >= 0.6 is 11.6 Å². The van der Waals surface area contributed by atoms with Gasteiger partial charge in [-0.2, -0.15) is 5.10 Å². The van der Waals surface area contributed by atoms with Crippen molar-refractivity contribution in [3.05, 3.63) is 70.9 Å². The van der Waals surface area contributed by atoms with Crippen LogP contribution in [0, 0.1) is 0 Å². The Morgan fingerprint density at radius 1 is 1.23 bits per heavy atom. The van der Waals surface area contributed by atoms with E-state index in [9.17, 15) is 4.79 Å². The molecule has 0 aliphatic rings. The van der Waals surface area contributed by atoms with E-state index in [0.29, 0.717) is 29.4 Å². The highest BCUT2D eigenvalue weighted by Crippen LogP contribution is 2.24. The number of aromatic nitrogens is 2. The number of benzene rings is 2. The van der Waals surface area contributed by atoms with Gasteiger partial charge in [-0.3, -0.25) is 9.89 Å². The molecule has 0 aliphatic heterocycles. The minimum Gasteiger partial charge on any atom is -0.494 e. The predicted molar refractivity (Wildman–Crippen MR) is 102 cm³/mol. The van der Waals surface area contributed by atoms with Crippen LogP contribution in [0.15, 0.2) is 54.7 Å². The van der Waals surface area contributed by atoms with Crippen molar-refractivity contribution in [3.8, 4) is 17.0 Å². The van der Waals surface area contributed by atoms with Crippen LogP contribution in [0.1, 0.15) is 29.3 Å². The largest absolute Gasteiger partial charge is 0.494 e. The van der Waals surface area contributed by atoms with Crippen molar-refractivity contribution in [2.24, 2.45) is 0 Å². The van der Waals surface area contributed by atoms with E-state index in [0.717, 1.165) is 23.3 Å². The molecule has 0 aliphatic carbocycles.